The molecule has 1 fully saturated rings. The molecule has 0 amide bonds. The summed E-state index contributed by atoms with van der Waals surface area (Å²) in [6.45, 7) is 1.80. The van der Waals surface area contributed by atoms with Crippen LogP contribution >= 0.6 is 0 Å². The summed E-state index contributed by atoms with van der Waals surface area (Å²) < 4.78 is 0. The molecule has 0 spiro atoms. The van der Waals surface area contributed by atoms with Crippen LogP contribution in [0.15, 0.2) is 24.3 Å². The zero-order valence-corrected chi connectivity index (χ0v) is 10.6. The third-order valence-electron chi connectivity index (χ3n) is 3.50. The predicted octanol–water partition coefficient (Wildman–Crippen LogP) is 1.68. The van der Waals surface area contributed by atoms with Gasteiger partial charge in [-0.2, -0.15) is 0 Å². The second kappa shape index (κ2) is 5.84. The fraction of sp³-hybridized carbons (Fsp3) is 0.429. The van der Waals surface area contributed by atoms with Crippen LogP contribution in [0.4, 0.5) is 0 Å². The maximum Gasteiger partial charge on any atom is 0.336 e. The molecule has 0 saturated carbocycles. The molecule has 1 aliphatic rings. The van der Waals surface area contributed by atoms with Crippen molar-refractivity contribution in [3.63, 3.8) is 0 Å². The van der Waals surface area contributed by atoms with E-state index in [1.807, 2.05) is 4.90 Å². The monoisotopic (exact) mass is 263 g/mol. The van der Waals surface area contributed by atoms with Gasteiger partial charge >= 0.3 is 11.9 Å². The molecule has 0 aromatic heterocycles. The number of aromatic carboxylic acids is 1. The van der Waals surface area contributed by atoms with Gasteiger partial charge in [0.25, 0.3) is 0 Å². The molecule has 1 aliphatic heterocycles. The Kier molecular flexibility index (Phi) is 4.16. The van der Waals surface area contributed by atoms with Gasteiger partial charge in [0.15, 0.2) is 0 Å². The van der Waals surface area contributed by atoms with Crippen LogP contribution in [0.5, 0.6) is 0 Å². The summed E-state index contributed by atoms with van der Waals surface area (Å²) in [7, 11) is 0. The van der Waals surface area contributed by atoms with E-state index in [4.69, 9.17) is 10.2 Å². The number of nitrogens with zero attached hydrogens (tertiary/aromatic N) is 1. The highest BCUT2D eigenvalue weighted by Gasteiger charge is 2.25. The number of carboxylic acids is 2. The van der Waals surface area contributed by atoms with E-state index in [1.165, 1.54) is 0 Å². The van der Waals surface area contributed by atoms with Gasteiger partial charge in [-0.05, 0) is 31.0 Å². The molecule has 1 aromatic carbocycles. The van der Waals surface area contributed by atoms with Gasteiger partial charge in [-0.15, -0.1) is 0 Å². The lowest BCUT2D eigenvalue weighted by molar-refractivity contribution is -0.143. The van der Waals surface area contributed by atoms with Gasteiger partial charge < -0.3 is 10.2 Å². The highest BCUT2D eigenvalue weighted by molar-refractivity contribution is 5.89. The molecule has 5 nitrogen and oxygen atoms in total. The molecular formula is C14H17NO4. The lowest BCUT2D eigenvalue weighted by Crippen LogP contribution is -2.38. The van der Waals surface area contributed by atoms with Crippen LogP contribution in [0.1, 0.15) is 28.8 Å². The molecule has 19 heavy (non-hydrogen) atoms. The van der Waals surface area contributed by atoms with Crippen LogP contribution in [0, 0.1) is 5.92 Å². The Labute approximate surface area is 111 Å². The van der Waals surface area contributed by atoms with E-state index < -0.39 is 11.9 Å². The van der Waals surface area contributed by atoms with Crippen molar-refractivity contribution in [3.8, 4) is 0 Å². The van der Waals surface area contributed by atoms with E-state index >= 15 is 0 Å². The number of hydrogen-bond donors (Lipinski definition) is 2. The highest BCUT2D eigenvalue weighted by atomic mass is 16.4. The number of carboxylic acid groups (broad SMARTS) is 2. The van der Waals surface area contributed by atoms with Crippen molar-refractivity contribution in [2.24, 2.45) is 5.92 Å². The molecular weight excluding hydrogens is 246 g/mol. The summed E-state index contributed by atoms with van der Waals surface area (Å²) in [6.07, 6.45) is 1.54. The van der Waals surface area contributed by atoms with Crippen LogP contribution < -0.4 is 0 Å². The van der Waals surface area contributed by atoms with Crippen LogP contribution in [-0.2, 0) is 11.3 Å². The van der Waals surface area contributed by atoms with Gasteiger partial charge in [-0.25, -0.2) is 4.79 Å². The van der Waals surface area contributed by atoms with Crippen LogP contribution in [0.2, 0.25) is 0 Å². The Morgan fingerprint density at radius 3 is 2.68 bits per heavy atom. The zero-order valence-electron chi connectivity index (χ0n) is 10.6. The first-order valence-corrected chi connectivity index (χ1v) is 6.34. The molecule has 0 aliphatic carbocycles. The van der Waals surface area contributed by atoms with Gasteiger partial charge in [-0.3, -0.25) is 9.69 Å². The zero-order chi connectivity index (χ0) is 13.8. The van der Waals surface area contributed by atoms with Crippen molar-refractivity contribution >= 4 is 11.9 Å². The van der Waals surface area contributed by atoms with E-state index in [1.54, 1.807) is 24.3 Å². The Bertz CT molecular complexity index is 486. The van der Waals surface area contributed by atoms with Crippen molar-refractivity contribution in [1.29, 1.82) is 0 Å². The predicted molar refractivity (Wildman–Crippen MR) is 69.0 cm³/mol. The third kappa shape index (κ3) is 3.32. The molecule has 2 rings (SSSR count). The topological polar surface area (TPSA) is 77.8 Å². The molecule has 2 N–H and O–H groups in total. The van der Waals surface area contributed by atoms with Crippen molar-refractivity contribution in [2.45, 2.75) is 19.4 Å². The smallest absolute Gasteiger partial charge is 0.336 e. The van der Waals surface area contributed by atoms with Gasteiger partial charge in [-0.1, -0.05) is 18.2 Å². The Balaban J connectivity index is 2.09. The molecule has 1 saturated heterocycles. The van der Waals surface area contributed by atoms with Gasteiger partial charge in [0.1, 0.15) is 0 Å². The molecule has 1 unspecified atom stereocenters. The summed E-state index contributed by atoms with van der Waals surface area (Å²) in [5, 5.41) is 18.2. The average molecular weight is 263 g/mol. The molecule has 5 heteroatoms. The van der Waals surface area contributed by atoms with Crippen molar-refractivity contribution < 1.29 is 19.8 Å². The summed E-state index contributed by atoms with van der Waals surface area (Å²) >= 11 is 0. The normalized spacial score (nSPS) is 20.1. The summed E-state index contributed by atoms with van der Waals surface area (Å²) in [4.78, 5) is 24.1. The first kappa shape index (κ1) is 13.5. The highest BCUT2D eigenvalue weighted by Crippen LogP contribution is 2.20. The van der Waals surface area contributed by atoms with Crippen LogP contribution in [0.3, 0.4) is 0 Å². The van der Waals surface area contributed by atoms with E-state index in [2.05, 4.69) is 0 Å². The molecule has 0 bridgehead atoms. The number of benzene rings is 1. The van der Waals surface area contributed by atoms with E-state index in [-0.39, 0.29) is 5.92 Å². The second-order valence-corrected chi connectivity index (χ2v) is 4.87. The number of rotatable bonds is 4. The third-order valence-corrected chi connectivity index (χ3v) is 3.50. The summed E-state index contributed by atoms with van der Waals surface area (Å²) in [5.41, 5.74) is 1.03. The maximum atomic E-state index is 11.1. The Morgan fingerprint density at radius 2 is 2.00 bits per heavy atom. The Morgan fingerprint density at radius 1 is 1.26 bits per heavy atom. The minimum absolute atomic E-state index is 0.292. The largest absolute Gasteiger partial charge is 0.481 e. The lowest BCUT2D eigenvalue weighted by Gasteiger charge is -2.30. The quantitative estimate of drug-likeness (QED) is 0.864. The average Bonchev–Trinajstić information content (AvgIpc) is 2.39. The number of hydrogen-bond acceptors (Lipinski definition) is 3. The minimum Gasteiger partial charge on any atom is -0.481 e. The fourth-order valence-corrected chi connectivity index (χ4v) is 2.51. The SMILES string of the molecule is O=C(O)c1ccccc1CN1CCCC(C(=O)O)C1. The van der Waals surface area contributed by atoms with Crippen LogP contribution in [0.25, 0.3) is 0 Å². The van der Waals surface area contributed by atoms with Crippen LogP contribution in [-0.4, -0.2) is 40.1 Å². The van der Waals surface area contributed by atoms with Gasteiger partial charge in [0.2, 0.25) is 0 Å². The number of likely N-dealkylation sites (tertiary alicyclic amines) is 1. The van der Waals surface area contributed by atoms with E-state index in [0.29, 0.717) is 25.1 Å². The van der Waals surface area contributed by atoms with E-state index in [0.717, 1.165) is 18.5 Å². The summed E-state index contributed by atoms with van der Waals surface area (Å²) in [5.74, 6) is -2.05. The fourth-order valence-electron chi connectivity index (χ4n) is 2.51. The molecule has 102 valence electrons. The van der Waals surface area contributed by atoms with Crippen molar-refractivity contribution in [2.75, 3.05) is 13.1 Å². The second-order valence-electron chi connectivity index (χ2n) is 4.87. The standard InChI is InChI=1S/C14H17NO4/c16-13(17)11-5-3-7-15(9-11)8-10-4-1-2-6-12(10)14(18)19/h1-2,4,6,11H,3,5,7-9H2,(H,16,17)(H,18,19). The Hall–Kier alpha value is -1.88. The number of carbonyl (C=O) groups is 2. The van der Waals surface area contributed by atoms with E-state index in [9.17, 15) is 9.59 Å². The number of aliphatic carboxylic acids is 1. The molecule has 1 heterocycles. The maximum absolute atomic E-state index is 11.1. The molecule has 0 radical (unpaired) electrons. The lowest BCUT2D eigenvalue weighted by atomic mass is 9.97. The minimum atomic E-state index is -0.942. The van der Waals surface area contributed by atoms with Gasteiger partial charge in [0, 0.05) is 13.1 Å². The molecule has 1 aromatic rings. The first-order valence-electron chi connectivity index (χ1n) is 6.34. The van der Waals surface area contributed by atoms with Crippen molar-refractivity contribution in [1.82, 2.24) is 4.90 Å². The molecule has 1 atom stereocenters. The van der Waals surface area contributed by atoms with Crippen molar-refractivity contribution in [3.05, 3.63) is 35.4 Å². The van der Waals surface area contributed by atoms with Gasteiger partial charge in [0.05, 0.1) is 11.5 Å². The number of piperidine rings is 1. The first-order chi connectivity index (χ1) is 9.08. The summed E-state index contributed by atoms with van der Waals surface area (Å²) in [6, 6.07) is 6.87.